The third kappa shape index (κ3) is 3.56. The summed E-state index contributed by atoms with van der Waals surface area (Å²) in [5.41, 5.74) is 1.39. The Kier molecular flexibility index (Phi) is 5.63. The summed E-state index contributed by atoms with van der Waals surface area (Å²) in [5, 5.41) is 2.72. The lowest BCUT2D eigenvalue weighted by molar-refractivity contribution is 0.209. The van der Waals surface area contributed by atoms with Crippen molar-refractivity contribution < 1.29 is 0 Å². The minimum absolute atomic E-state index is 0.662. The van der Waals surface area contributed by atoms with Gasteiger partial charge in [-0.3, -0.25) is 4.90 Å². The lowest BCUT2D eigenvalue weighted by Crippen LogP contribution is -2.48. The van der Waals surface area contributed by atoms with Crippen molar-refractivity contribution in [3.05, 3.63) is 42.5 Å². The van der Waals surface area contributed by atoms with Crippen LogP contribution in [0, 0.1) is 0 Å². The van der Waals surface area contributed by atoms with Gasteiger partial charge >= 0.3 is 0 Å². The summed E-state index contributed by atoms with van der Waals surface area (Å²) in [6, 6.07) is 16.0. The Morgan fingerprint density at radius 3 is 2.10 bits per heavy atom. The number of piperazine rings is 1. The molecule has 21 heavy (non-hydrogen) atoms. The molecular weight excluding hydrogens is 256 g/mol. The van der Waals surface area contributed by atoms with E-state index in [1.165, 1.54) is 29.5 Å². The molecule has 2 heteroatoms. The van der Waals surface area contributed by atoms with Gasteiger partial charge in [-0.05, 0) is 25.3 Å². The molecule has 1 aliphatic heterocycles. The van der Waals surface area contributed by atoms with E-state index in [1.807, 2.05) is 13.8 Å². The third-order valence-electron chi connectivity index (χ3n) is 4.15. The highest BCUT2D eigenvalue weighted by atomic mass is 15.3. The topological polar surface area (TPSA) is 6.48 Å². The molecule has 0 amide bonds. The average molecular weight is 284 g/mol. The van der Waals surface area contributed by atoms with E-state index in [-0.39, 0.29) is 0 Å². The van der Waals surface area contributed by atoms with Crippen molar-refractivity contribution >= 4 is 16.5 Å². The SMILES string of the molecule is CC.CC(C)N1CCN(c2cccc3ccccc23)CC1. The fraction of sp³-hybridized carbons (Fsp3) is 0.474. The van der Waals surface area contributed by atoms with Gasteiger partial charge in [-0.25, -0.2) is 0 Å². The molecule has 2 aromatic rings. The fourth-order valence-electron chi connectivity index (χ4n) is 2.96. The quantitative estimate of drug-likeness (QED) is 0.806. The van der Waals surface area contributed by atoms with Crippen molar-refractivity contribution in [1.29, 1.82) is 0 Å². The van der Waals surface area contributed by atoms with Crippen molar-refractivity contribution in [3.8, 4) is 0 Å². The van der Waals surface area contributed by atoms with Gasteiger partial charge in [0.25, 0.3) is 0 Å². The minimum Gasteiger partial charge on any atom is -0.368 e. The number of fused-ring (bicyclic) bond motifs is 1. The molecule has 3 rings (SSSR count). The summed E-state index contributed by atoms with van der Waals surface area (Å²) >= 11 is 0. The molecule has 0 spiro atoms. The summed E-state index contributed by atoms with van der Waals surface area (Å²) < 4.78 is 0. The van der Waals surface area contributed by atoms with E-state index in [9.17, 15) is 0 Å². The van der Waals surface area contributed by atoms with Gasteiger partial charge in [0.2, 0.25) is 0 Å². The smallest absolute Gasteiger partial charge is 0.0446 e. The second-order valence-corrected chi connectivity index (χ2v) is 5.62. The molecule has 0 radical (unpaired) electrons. The van der Waals surface area contributed by atoms with Crippen LogP contribution in [0.1, 0.15) is 27.7 Å². The number of hydrogen-bond donors (Lipinski definition) is 0. The zero-order valence-corrected chi connectivity index (χ0v) is 13.8. The van der Waals surface area contributed by atoms with Gasteiger partial charge in [-0.1, -0.05) is 50.2 Å². The first kappa shape index (κ1) is 15.8. The first-order valence-corrected chi connectivity index (χ1v) is 8.22. The molecular formula is C19H28N2. The van der Waals surface area contributed by atoms with Crippen LogP contribution in [-0.2, 0) is 0 Å². The van der Waals surface area contributed by atoms with Gasteiger partial charge in [0.05, 0.1) is 0 Å². The Labute approximate surface area is 129 Å². The summed E-state index contributed by atoms with van der Waals surface area (Å²) in [6.07, 6.45) is 0. The van der Waals surface area contributed by atoms with Gasteiger partial charge in [-0.2, -0.15) is 0 Å². The van der Waals surface area contributed by atoms with Crippen LogP contribution in [0.25, 0.3) is 10.8 Å². The standard InChI is InChI=1S/C17H22N2.C2H6/c1-14(2)18-10-12-19(13-11-18)17-9-5-7-15-6-3-4-8-16(15)17;1-2/h3-9,14H,10-13H2,1-2H3;1-2H3. The Hall–Kier alpha value is -1.54. The molecule has 1 fully saturated rings. The Morgan fingerprint density at radius 1 is 0.810 bits per heavy atom. The van der Waals surface area contributed by atoms with Crippen LogP contribution < -0.4 is 4.90 Å². The molecule has 0 atom stereocenters. The number of hydrogen-bond acceptors (Lipinski definition) is 2. The summed E-state index contributed by atoms with van der Waals surface area (Å²) in [5.74, 6) is 0. The van der Waals surface area contributed by atoms with Gasteiger partial charge in [0.15, 0.2) is 0 Å². The summed E-state index contributed by atoms with van der Waals surface area (Å²) in [6.45, 7) is 13.2. The van der Waals surface area contributed by atoms with Crippen LogP contribution in [0.5, 0.6) is 0 Å². The molecule has 1 heterocycles. The van der Waals surface area contributed by atoms with Crippen LogP contribution in [0.3, 0.4) is 0 Å². The van der Waals surface area contributed by atoms with Crippen LogP contribution in [0.4, 0.5) is 5.69 Å². The van der Waals surface area contributed by atoms with Gasteiger partial charge < -0.3 is 4.90 Å². The molecule has 114 valence electrons. The number of anilines is 1. The molecule has 1 saturated heterocycles. The van der Waals surface area contributed by atoms with E-state index in [4.69, 9.17) is 0 Å². The average Bonchev–Trinajstić information content (AvgIpc) is 2.56. The van der Waals surface area contributed by atoms with Crippen molar-refractivity contribution in [2.24, 2.45) is 0 Å². The van der Waals surface area contributed by atoms with E-state index in [2.05, 4.69) is 66.1 Å². The molecule has 1 aliphatic rings. The second-order valence-electron chi connectivity index (χ2n) is 5.62. The monoisotopic (exact) mass is 284 g/mol. The maximum atomic E-state index is 2.56. The van der Waals surface area contributed by atoms with Crippen molar-refractivity contribution in [3.63, 3.8) is 0 Å². The van der Waals surface area contributed by atoms with E-state index in [1.54, 1.807) is 0 Å². The van der Waals surface area contributed by atoms with Crippen molar-refractivity contribution in [2.75, 3.05) is 31.1 Å². The van der Waals surface area contributed by atoms with Crippen molar-refractivity contribution in [2.45, 2.75) is 33.7 Å². The van der Waals surface area contributed by atoms with E-state index in [0.717, 1.165) is 13.1 Å². The molecule has 0 bridgehead atoms. The van der Waals surface area contributed by atoms with E-state index < -0.39 is 0 Å². The lowest BCUT2D eigenvalue weighted by Gasteiger charge is -2.38. The largest absolute Gasteiger partial charge is 0.368 e. The number of benzene rings is 2. The molecule has 0 aromatic heterocycles. The van der Waals surface area contributed by atoms with E-state index >= 15 is 0 Å². The predicted octanol–water partition coefficient (Wildman–Crippen LogP) is 4.40. The zero-order chi connectivity index (χ0) is 15.2. The molecule has 2 aromatic carbocycles. The van der Waals surface area contributed by atoms with Gasteiger partial charge in [-0.15, -0.1) is 0 Å². The Balaban J connectivity index is 0.000000774. The number of rotatable bonds is 2. The summed E-state index contributed by atoms with van der Waals surface area (Å²) in [7, 11) is 0. The zero-order valence-electron chi connectivity index (χ0n) is 13.8. The van der Waals surface area contributed by atoms with Crippen molar-refractivity contribution in [1.82, 2.24) is 4.90 Å². The highest BCUT2D eigenvalue weighted by Crippen LogP contribution is 2.27. The first-order valence-electron chi connectivity index (χ1n) is 8.22. The molecule has 0 saturated carbocycles. The molecule has 2 nitrogen and oxygen atoms in total. The highest BCUT2D eigenvalue weighted by molar-refractivity contribution is 5.94. The third-order valence-corrected chi connectivity index (χ3v) is 4.15. The fourth-order valence-corrected chi connectivity index (χ4v) is 2.96. The molecule has 0 aliphatic carbocycles. The van der Waals surface area contributed by atoms with Gasteiger partial charge in [0, 0.05) is 43.3 Å². The van der Waals surface area contributed by atoms with Crippen LogP contribution >= 0.6 is 0 Å². The first-order chi connectivity index (χ1) is 10.3. The second kappa shape index (κ2) is 7.46. The van der Waals surface area contributed by atoms with Gasteiger partial charge in [0.1, 0.15) is 0 Å². The summed E-state index contributed by atoms with van der Waals surface area (Å²) in [4.78, 5) is 5.09. The number of nitrogens with zero attached hydrogens (tertiary/aromatic N) is 2. The van der Waals surface area contributed by atoms with Crippen LogP contribution in [-0.4, -0.2) is 37.1 Å². The van der Waals surface area contributed by atoms with E-state index in [0.29, 0.717) is 6.04 Å². The van der Waals surface area contributed by atoms with Crippen LogP contribution in [0.2, 0.25) is 0 Å². The normalized spacial score (nSPS) is 16.0. The molecule has 0 unspecified atom stereocenters. The Bertz CT molecular complexity index is 549. The predicted molar refractivity (Wildman–Crippen MR) is 94.2 cm³/mol. The minimum atomic E-state index is 0.662. The Morgan fingerprint density at radius 2 is 1.43 bits per heavy atom. The molecule has 0 N–H and O–H groups in total. The van der Waals surface area contributed by atoms with Crippen LogP contribution in [0.15, 0.2) is 42.5 Å². The maximum Gasteiger partial charge on any atom is 0.0446 e. The maximum absolute atomic E-state index is 2.56. The highest BCUT2D eigenvalue weighted by Gasteiger charge is 2.19. The lowest BCUT2D eigenvalue weighted by atomic mass is 10.1.